The Balaban J connectivity index is 4.56. The fraction of sp³-hybridized carbons (Fsp3) is 0.846. The third-order valence-electron chi connectivity index (χ3n) is 2.65. The van der Waals surface area contributed by atoms with E-state index in [2.05, 4.69) is 18.7 Å². The Morgan fingerprint density at radius 3 is 2.39 bits per heavy atom. The minimum absolute atomic E-state index is 0.188. The van der Waals surface area contributed by atoms with E-state index in [0.717, 1.165) is 13.1 Å². The number of methoxy groups -OCH3 is 1. The lowest BCUT2D eigenvalue weighted by Gasteiger charge is -2.31. The lowest BCUT2D eigenvalue weighted by molar-refractivity contribution is -0.151. The maximum atomic E-state index is 11.7. The molecular formula is C13H26N2O2S. The Hall–Kier alpha value is -0.680. The van der Waals surface area contributed by atoms with Crippen molar-refractivity contribution in [1.29, 1.82) is 0 Å². The molecule has 0 heterocycles. The Morgan fingerprint density at radius 1 is 1.44 bits per heavy atom. The largest absolute Gasteiger partial charge is 0.469 e. The molecule has 0 aromatic heterocycles. The molecule has 0 atom stereocenters. The first kappa shape index (κ1) is 17.3. The third-order valence-corrected chi connectivity index (χ3v) is 2.86. The van der Waals surface area contributed by atoms with E-state index in [1.54, 1.807) is 0 Å². The van der Waals surface area contributed by atoms with Crippen molar-refractivity contribution >= 4 is 23.2 Å². The van der Waals surface area contributed by atoms with Gasteiger partial charge in [0.1, 0.15) is 0 Å². The van der Waals surface area contributed by atoms with Crippen molar-refractivity contribution in [2.24, 2.45) is 17.1 Å². The summed E-state index contributed by atoms with van der Waals surface area (Å²) in [5.74, 6) is 0.344. The number of thiocarbonyl (C=S) groups is 1. The second kappa shape index (κ2) is 7.69. The van der Waals surface area contributed by atoms with Crippen molar-refractivity contribution in [3.05, 3.63) is 0 Å². The van der Waals surface area contributed by atoms with Crippen LogP contribution in [0, 0.1) is 11.3 Å². The van der Waals surface area contributed by atoms with Crippen LogP contribution in [-0.4, -0.2) is 42.6 Å². The smallest absolute Gasteiger partial charge is 0.312 e. The van der Waals surface area contributed by atoms with Gasteiger partial charge in [0.05, 0.1) is 17.5 Å². The lowest BCUT2D eigenvalue weighted by atomic mass is 9.92. The molecular weight excluding hydrogens is 248 g/mol. The minimum Gasteiger partial charge on any atom is -0.469 e. The van der Waals surface area contributed by atoms with Crippen LogP contribution in [0.15, 0.2) is 0 Å². The first-order valence-corrected chi connectivity index (χ1v) is 6.69. The monoisotopic (exact) mass is 274 g/mol. The van der Waals surface area contributed by atoms with Crippen molar-refractivity contribution in [3.63, 3.8) is 0 Å². The number of hydrogen-bond donors (Lipinski definition) is 1. The Bertz CT molecular complexity index is 291. The van der Waals surface area contributed by atoms with E-state index in [1.165, 1.54) is 7.11 Å². The summed E-state index contributed by atoms with van der Waals surface area (Å²) in [5.41, 5.74) is 5.02. The van der Waals surface area contributed by atoms with Gasteiger partial charge in [0.25, 0.3) is 0 Å². The van der Waals surface area contributed by atoms with Gasteiger partial charge in [0.15, 0.2) is 0 Å². The quantitative estimate of drug-likeness (QED) is 0.540. The second-order valence-corrected chi connectivity index (χ2v) is 6.25. The molecule has 0 spiro atoms. The summed E-state index contributed by atoms with van der Waals surface area (Å²) in [6, 6.07) is 0. The van der Waals surface area contributed by atoms with Gasteiger partial charge in [-0.2, -0.15) is 0 Å². The van der Waals surface area contributed by atoms with E-state index in [0.29, 0.717) is 23.9 Å². The second-order valence-electron chi connectivity index (χ2n) is 5.72. The molecule has 0 radical (unpaired) electrons. The van der Waals surface area contributed by atoms with Gasteiger partial charge in [-0.25, -0.2) is 0 Å². The molecule has 5 heteroatoms. The van der Waals surface area contributed by atoms with Gasteiger partial charge in [-0.15, -0.1) is 0 Å². The predicted octanol–water partition coefficient (Wildman–Crippen LogP) is 1.82. The van der Waals surface area contributed by atoms with E-state index in [-0.39, 0.29) is 5.97 Å². The zero-order valence-electron chi connectivity index (χ0n) is 12.2. The summed E-state index contributed by atoms with van der Waals surface area (Å²) in [4.78, 5) is 14.4. The topological polar surface area (TPSA) is 55.6 Å². The fourth-order valence-electron chi connectivity index (χ4n) is 1.92. The zero-order chi connectivity index (χ0) is 14.3. The van der Waals surface area contributed by atoms with Crippen LogP contribution in [0.1, 0.15) is 34.1 Å². The molecule has 0 amide bonds. The normalized spacial score (nSPS) is 11.9. The minimum atomic E-state index is -0.514. The summed E-state index contributed by atoms with van der Waals surface area (Å²) in [6.45, 7) is 10.5. The Labute approximate surface area is 116 Å². The maximum absolute atomic E-state index is 11.7. The summed E-state index contributed by atoms with van der Waals surface area (Å²) >= 11 is 4.90. The van der Waals surface area contributed by atoms with Gasteiger partial charge in [-0.3, -0.25) is 4.79 Å². The van der Waals surface area contributed by atoms with Gasteiger partial charge < -0.3 is 15.4 Å². The molecule has 0 fully saturated rings. The van der Waals surface area contributed by atoms with Crippen molar-refractivity contribution in [2.75, 3.05) is 26.7 Å². The van der Waals surface area contributed by atoms with Crippen molar-refractivity contribution in [2.45, 2.75) is 34.1 Å². The van der Waals surface area contributed by atoms with Crippen molar-refractivity contribution < 1.29 is 9.53 Å². The third kappa shape index (κ3) is 6.91. The molecule has 0 saturated heterocycles. The summed E-state index contributed by atoms with van der Waals surface area (Å²) < 4.78 is 4.83. The van der Waals surface area contributed by atoms with E-state index >= 15 is 0 Å². The first-order valence-electron chi connectivity index (χ1n) is 6.28. The molecule has 0 aliphatic rings. The van der Waals surface area contributed by atoms with Crippen LogP contribution in [0.25, 0.3) is 0 Å². The fourth-order valence-corrected chi connectivity index (χ4v) is 2.01. The molecule has 106 valence electrons. The van der Waals surface area contributed by atoms with E-state index in [9.17, 15) is 4.79 Å². The van der Waals surface area contributed by atoms with Crippen LogP contribution in [0.2, 0.25) is 0 Å². The molecule has 0 aliphatic carbocycles. The molecule has 2 N–H and O–H groups in total. The molecule has 0 rings (SSSR count). The average Bonchev–Trinajstić information content (AvgIpc) is 2.23. The molecule has 0 aromatic rings. The number of esters is 1. The summed E-state index contributed by atoms with van der Waals surface area (Å²) in [7, 11) is 1.42. The average molecular weight is 274 g/mol. The van der Waals surface area contributed by atoms with Gasteiger partial charge >= 0.3 is 5.97 Å². The van der Waals surface area contributed by atoms with E-state index in [4.69, 9.17) is 22.7 Å². The van der Waals surface area contributed by atoms with E-state index < -0.39 is 5.41 Å². The van der Waals surface area contributed by atoms with Crippen LogP contribution < -0.4 is 5.73 Å². The standard InChI is InChI=1S/C13H26N2O2S/c1-10(2)8-15(7-6-11(14)18)9-13(3,4)12(16)17-5/h10H,6-9H2,1-5H3,(H2,14,18). The molecule has 0 bridgehead atoms. The van der Waals surface area contributed by atoms with Gasteiger partial charge in [-0.1, -0.05) is 26.1 Å². The Morgan fingerprint density at radius 2 is 2.00 bits per heavy atom. The van der Waals surface area contributed by atoms with Crippen LogP contribution in [0.3, 0.4) is 0 Å². The molecule has 0 aromatic carbocycles. The van der Waals surface area contributed by atoms with Crippen LogP contribution in [-0.2, 0) is 9.53 Å². The highest BCUT2D eigenvalue weighted by Crippen LogP contribution is 2.19. The number of carbonyl (C=O) groups is 1. The molecule has 18 heavy (non-hydrogen) atoms. The Kier molecular flexibility index (Phi) is 7.40. The van der Waals surface area contributed by atoms with Crippen molar-refractivity contribution in [3.8, 4) is 0 Å². The summed E-state index contributed by atoms with van der Waals surface area (Å²) in [5, 5.41) is 0. The van der Waals surface area contributed by atoms with Crippen LogP contribution >= 0.6 is 12.2 Å². The highest BCUT2D eigenvalue weighted by atomic mass is 32.1. The molecule has 4 nitrogen and oxygen atoms in total. The summed E-state index contributed by atoms with van der Waals surface area (Å²) in [6.07, 6.45) is 0.680. The van der Waals surface area contributed by atoms with Gasteiger partial charge in [0, 0.05) is 26.1 Å². The maximum Gasteiger partial charge on any atom is 0.312 e. The number of rotatable bonds is 8. The lowest BCUT2D eigenvalue weighted by Crippen LogP contribution is -2.42. The molecule has 0 unspecified atom stereocenters. The zero-order valence-corrected chi connectivity index (χ0v) is 13.0. The van der Waals surface area contributed by atoms with Crippen LogP contribution in [0.5, 0.6) is 0 Å². The van der Waals surface area contributed by atoms with Crippen LogP contribution in [0.4, 0.5) is 0 Å². The highest BCUT2D eigenvalue weighted by molar-refractivity contribution is 7.80. The number of nitrogens with zero attached hydrogens (tertiary/aromatic N) is 1. The molecule has 0 aliphatic heterocycles. The van der Waals surface area contributed by atoms with Gasteiger partial charge in [0.2, 0.25) is 0 Å². The molecule has 0 saturated carbocycles. The van der Waals surface area contributed by atoms with Gasteiger partial charge in [-0.05, 0) is 19.8 Å². The first-order chi connectivity index (χ1) is 8.19. The number of nitrogens with two attached hydrogens (primary N) is 1. The predicted molar refractivity (Wildman–Crippen MR) is 78.5 cm³/mol. The number of ether oxygens (including phenoxy) is 1. The number of hydrogen-bond acceptors (Lipinski definition) is 4. The van der Waals surface area contributed by atoms with E-state index in [1.807, 2.05) is 13.8 Å². The SMILES string of the molecule is COC(=O)C(C)(C)CN(CCC(N)=S)CC(C)C. The van der Waals surface area contributed by atoms with Crippen molar-refractivity contribution in [1.82, 2.24) is 4.90 Å². The highest BCUT2D eigenvalue weighted by Gasteiger charge is 2.31. The number of carbonyl (C=O) groups excluding carboxylic acids is 1.